The molecule has 0 aliphatic rings. The molecule has 1 heterocycles. The smallest absolute Gasteiger partial charge is 0.232 e. The van der Waals surface area contributed by atoms with Gasteiger partial charge in [0, 0.05) is 0 Å². The molecule has 0 atom stereocenters. The summed E-state index contributed by atoms with van der Waals surface area (Å²) < 4.78 is 0. The van der Waals surface area contributed by atoms with E-state index in [2.05, 4.69) is 15.3 Å². The molecule has 0 saturated heterocycles. The molecule has 26 heavy (non-hydrogen) atoms. The highest BCUT2D eigenvalue weighted by Gasteiger charge is 2.22. The van der Waals surface area contributed by atoms with Crippen LogP contribution in [0.5, 0.6) is 0 Å². The maximum absolute atomic E-state index is 13.0. The number of para-hydroxylation sites is 2. The van der Waals surface area contributed by atoms with Crippen LogP contribution in [0, 0.1) is 0 Å². The van der Waals surface area contributed by atoms with E-state index in [1.54, 1.807) is 0 Å². The fraction of sp³-hybridized carbons (Fsp3) is 0.0909. The SMILES string of the molecule is O=C(NCc1nc2ccccc2[nH]1)C(c1ccccc1)c1ccccc1. The van der Waals surface area contributed by atoms with Crippen molar-refractivity contribution in [3.05, 3.63) is 102 Å². The summed E-state index contributed by atoms with van der Waals surface area (Å²) in [6.07, 6.45) is 0. The van der Waals surface area contributed by atoms with Crippen molar-refractivity contribution in [1.29, 1.82) is 0 Å². The maximum atomic E-state index is 13.0. The number of H-pyrrole nitrogens is 1. The Kier molecular flexibility index (Phi) is 4.48. The number of aromatic nitrogens is 2. The second-order valence-corrected chi connectivity index (χ2v) is 6.17. The van der Waals surface area contributed by atoms with Crippen LogP contribution in [0.4, 0.5) is 0 Å². The molecule has 4 aromatic rings. The van der Waals surface area contributed by atoms with E-state index in [-0.39, 0.29) is 11.8 Å². The van der Waals surface area contributed by atoms with Crippen molar-refractivity contribution in [2.45, 2.75) is 12.5 Å². The van der Waals surface area contributed by atoms with Gasteiger partial charge in [-0.2, -0.15) is 0 Å². The van der Waals surface area contributed by atoms with Crippen LogP contribution in [0.2, 0.25) is 0 Å². The Morgan fingerprint density at radius 3 is 2.04 bits per heavy atom. The van der Waals surface area contributed by atoms with Crippen LogP contribution in [0.25, 0.3) is 11.0 Å². The van der Waals surface area contributed by atoms with Crippen molar-refractivity contribution in [3.63, 3.8) is 0 Å². The van der Waals surface area contributed by atoms with Gasteiger partial charge in [-0.1, -0.05) is 72.8 Å². The lowest BCUT2D eigenvalue weighted by Crippen LogP contribution is -2.30. The monoisotopic (exact) mass is 341 g/mol. The first kappa shape index (κ1) is 16.1. The topological polar surface area (TPSA) is 57.8 Å². The van der Waals surface area contributed by atoms with Crippen molar-refractivity contribution >= 4 is 16.9 Å². The summed E-state index contributed by atoms with van der Waals surface area (Å²) in [5.41, 5.74) is 3.82. The van der Waals surface area contributed by atoms with Gasteiger partial charge in [-0.25, -0.2) is 4.98 Å². The predicted octanol–water partition coefficient (Wildman–Crippen LogP) is 4.01. The molecule has 3 aromatic carbocycles. The lowest BCUT2D eigenvalue weighted by atomic mass is 9.90. The number of hydrogen-bond donors (Lipinski definition) is 2. The molecule has 0 spiro atoms. The van der Waals surface area contributed by atoms with Crippen LogP contribution in [-0.2, 0) is 11.3 Å². The van der Waals surface area contributed by atoms with Crippen LogP contribution in [0.3, 0.4) is 0 Å². The molecule has 0 saturated carbocycles. The Balaban J connectivity index is 1.56. The number of nitrogens with one attached hydrogen (secondary N) is 2. The summed E-state index contributed by atoms with van der Waals surface area (Å²) in [5, 5.41) is 3.02. The fourth-order valence-electron chi connectivity index (χ4n) is 3.15. The van der Waals surface area contributed by atoms with Crippen molar-refractivity contribution in [2.24, 2.45) is 0 Å². The van der Waals surface area contributed by atoms with E-state index in [1.165, 1.54) is 0 Å². The first-order valence-electron chi connectivity index (χ1n) is 8.62. The molecule has 1 amide bonds. The quantitative estimate of drug-likeness (QED) is 0.576. The predicted molar refractivity (Wildman–Crippen MR) is 103 cm³/mol. The molecular weight excluding hydrogens is 322 g/mol. The number of rotatable bonds is 5. The van der Waals surface area contributed by atoms with Crippen LogP contribution >= 0.6 is 0 Å². The van der Waals surface area contributed by atoms with E-state index in [0.29, 0.717) is 6.54 Å². The average molecular weight is 341 g/mol. The van der Waals surface area contributed by atoms with Crippen LogP contribution in [0.1, 0.15) is 22.9 Å². The van der Waals surface area contributed by atoms with Gasteiger partial charge in [0.25, 0.3) is 0 Å². The van der Waals surface area contributed by atoms with E-state index in [9.17, 15) is 4.79 Å². The number of carbonyl (C=O) groups is 1. The van der Waals surface area contributed by atoms with Crippen molar-refractivity contribution < 1.29 is 4.79 Å². The lowest BCUT2D eigenvalue weighted by molar-refractivity contribution is -0.121. The fourth-order valence-corrected chi connectivity index (χ4v) is 3.15. The molecule has 4 nitrogen and oxygen atoms in total. The molecule has 0 fully saturated rings. The molecule has 2 N–H and O–H groups in total. The van der Waals surface area contributed by atoms with Gasteiger partial charge < -0.3 is 10.3 Å². The van der Waals surface area contributed by atoms with E-state index in [1.807, 2.05) is 84.9 Å². The summed E-state index contributed by atoms with van der Waals surface area (Å²) >= 11 is 0. The van der Waals surface area contributed by atoms with Gasteiger partial charge in [0.15, 0.2) is 0 Å². The second-order valence-electron chi connectivity index (χ2n) is 6.17. The van der Waals surface area contributed by atoms with Crippen molar-refractivity contribution in [1.82, 2.24) is 15.3 Å². The highest BCUT2D eigenvalue weighted by molar-refractivity contribution is 5.87. The number of nitrogens with zero attached hydrogens (tertiary/aromatic N) is 1. The van der Waals surface area contributed by atoms with Gasteiger partial charge in [0.05, 0.1) is 23.5 Å². The zero-order chi connectivity index (χ0) is 17.8. The van der Waals surface area contributed by atoms with Gasteiger partial charge in [-0.05, 0) is 23.3 Å². The van der Waals surface area contributed by atoms with Gasteiger partial charge in [-0.15, -0.1) is 0 Å². The minimum Gasteiger partial charge on any atom is -0.348 e. The van der Waals surface area contributed by atoms with E-state index >= 15 is 0 Å². The Morgan fingerprint density at radius 2 is 1.42 bits per heavy atom. The molecule has 0 radical (unpaired) electrons. The number of aromatic amines is 1. The van der Waals surface area contributed by atoms with Crippen LogP contribution in [-0.4, -0.2) is 15.9 Å². The number of benzene rings is 3. The molecule has 128 valence electrons. The van der Waals surface area contributed by atoms with Gasteiger partial charge >= 0.3 is 0 Å². The first-order valence-corrected chi connectivity index (χ1v) is 8.62. The largest absolute Gasteiger partial charge is 0.348 e. The number of fused-ring (bicyclic) bond motifs is 1. The molecule has 4 rings (SSSR count). The standard InChI is InChI=1S/C22H19N3O/c26-22(23-15-20-24-18-13-7-8-14-19(18)25-20)21(16-9-3-1-4-10-16)17-11-5-2-6-12-17/h1-14,21H,15H2,(H,23,26)(H,24,25). The molecule has 4 heteroatoms. The highest BCUT2D eigenvalue weighted by atomic mass is 16.1. The zero-order valence-corrected chi connectivity index (χ0v) is 14.2. The zero-order valence-electron chi connectivity index (χ0n) is 14.2. The average Bonchev–Trinajstić information content (AvgIpc) is 3.11. The molecule has 0 aliphatic carbocycles. The Bertz CT molecular complexity index is 937. The van der Waals surface area contributed by atoms with Gasteiger partial charge in [0.1, 0.15) is 5.82 Å². The molecular formula is C22H19N3O. The summed E-state index contributed by atoms with van der Waals surface area (Å²) in [4.78, 5) is 20.7. The lowest BCUT2D eigenvalue weighted by Gasteiger charge is -2.17. The number of hydrogen-bond acceptors (Lipinski definition) is 2. The Labute approximate surface area is 151 Å². The highest BCUT2D eigenvalue weighted by Crippen LogP contribution is 2.24. The molecule has 1 aromatic heterocycles. The summed E-state index contributed by atoms with van der Waals surface area (Å²) in [6.45, 7) is 0.365. The molecule has 0 bridgehead atoms. The minimum atomic E-state index is -0.346. The summed E-state index contributed by atoms with van der Waals surface area (Å²) in [5.74, 6) is 0.365. The maximum Gasteiger partial charge on any atom is 0.232 e. The number of imidazole rings is 1. The Hall–Kier alpha value is -3.40. The van der Waals surface area contributed by atoms with Crippen molar-refractivity contribution in [3.8, 4) is 0 Å². The Morgan fingerprint density at radius 1 is 0.846 bits per heavy atom. The second kappa shape index (κ2) is 7.23. The number of carbonyl (C=O) groups excluding carboxylic acids is 1. The third-order valence-corrected chi connectivity index (χ3v) is 4.40. The number of amides is 1. The minimum absolute atomic E-state index is 0.0390. The van der Waals surface area contributed by atoms with E-state index in [4.69, 9.17) is 0 Å². The van der Waals surface area contributed by atoms with Crippen molar-refractivity contribution in [2.75, 3.05) is 0 Å². The van der Waals surface area contributed by atoms with Crippen LogP contribution < -0.4 is 5.32 Å². The van der Waals surface area contributed by atoms with Crippen LogP contribution in [0.15, 0.2) is 84.9 Å². The van der Waals surface area contributed by atoms with Gasteiger partial charge in [-0.3, -0.25) is 4.79 Å². The molecule has 0 aliphatic heterocycles. The summed E-state index contributed by atoms with van der Waals surface area (Å²) in [7, 11) is 0. The third-order valence-electron chi connectivity index (χ3n) is 4.40. The van der Waals surface area contributed by atoms with E-state index < -0.39 is 0 Å². The third kappa shape index (κ3) is 3.35. The summed E-state index contributed by atoms with van der Waals surface area (Å²) in [6, 6.07) is 27.5. The van der Waals surface area contributed by atoms with E-state index in [0.717, 1.165) is 28.0 Å². The first-order chi connectivity index (χ1) is 12.8. The molecule has 0 unspecified atom stereocenters. The normalized spacial score (nSPS) is 11.0. The van der Waals surface area contributed by atoms with Gasteiger partial charge in [0.2, 0.25) is 5.91 Å².